The zero-order valence-corrected chi connectivity index (χ0v) is 65.8. The molecule has 6 heterocycles. The zero-order valence-electron chi connectivity index (χ0n) is 65.8. The van der Waals surface area contributed by atoms with Crippen molar-refractivity contribution in [1.29, 1.82) is 0 Å². The summed E-state index contributed by atoms with van der Waals surface area (Å²) in [6.07, 6.45) is 3.50. The molecule has 0 radical (unpaired) electrons. The van der Waals surface area contributed by atoms with Gasteiger partial charge in [-0.15, -0.1) is 0 Å². The van der Waals surface area contributed by atoms with Gasteiger partial charge in [-0.2, -0.15) is 0 Å². The third-order valence-corrected chi connectivity index (χ3v) is 20.8. The van der Waals surface area contributed by atoms with Crippen molar-refractivity contribution in [2.45, 2.75) is 0 Å². The molecule has 0 bridgehead atoms. The lowest BCUT2D eigenvalue weighted by atomic mass is 9.88. The van der Waals surface area contributed by atoms with Crippen LogP contribution in [0, 0.1) is 47.4 Å². The summed E-state index contributed by atoms with van der Waals surface area (Å²) in [7, 11) is 5.81. The van der Waals surface area contributed by atoms with Crippen LogP contribution >= 0.6 is 0 Å². The summed E-state index contributed by atoms with van der Waals surface area (Å²) >= 11 is 0. The van der Waals surface area contributed by atoms with Crippen molar-refractivity contribution in [2.24, 2.45) is 0 Å². The first kappa shape index (κ1) is 74.7. The molecule has 14 aromatic carbocycles. The molecule has 0 unspecified atom stereocenters. The Kier molecular flexibility index (Phi) is 21.5. The van der Waals surface area contributed by atoms with Gasteiger partial charge in [-0.05, 0) is 241 Å². The standard InChI is InChI=1S/C42H25N3.C34H26N4.C33H23N3O/c1-5-17-35-29(11-1)27-30-12-2-6-18-36(30)39(35)25-23-33-15-9-21-41(43-33)45-42-22-10-16-34(44-42)24-26-40-37-19-7-3-13-31(37)28-32-14-4-8-20-38(32)40;1-38(2)26-20-17-24(18-21-26)34-30-13-5-3-11-27(30)29(28-12-4-6-14-31(28)34)22-19-25-10-9-16-33(36-25)37-32-15-7-8-23-35-32;1-37-25-19-16-23(17-20-25)33-29-12-4-2-10-26(29)28(27-11-3-5-13-30(27)33)21-18-24-9-8-15-32(35-24)36-31-14-6-7-22-34-31/h1-22,27-28H,(H,43,44,45);3-18,20-21,23H,1-2H3,(H,35,36,37);2-17,19-20,22H,1H3,(H,34,35,36). The predicted octanol–water partition coefficient (Wildman–Crippen LogP) is 24.9. The maximum absolute atomic E-state index is 5.38. The molecule has 0 saturated carbocycles. The van der Waals surface area contributed by atoms with Crippen molar-refractivity contribution in [3.05, 3.63) is 421 Å². The lowest BCUT2D eigenvalue weighted by Gasteiger charge is -2.16. The fraction of sp³-hybridized carbons (Fsp3) is 0.0275. The lowest BCUT2D eigenvalue weighted by molar-refractivity contribution is 0.415. The first-order chi connectivity index (χ1) is 59.2. The third-order valence-electron chi connectivity index (χ3n) is 20.8. The van der Waals surface area contributed by atoms with E-state index in [4.69, 9.17) is 19.7 Å². The Balaban J connectivity index is 0.000000124. The Labute approximate surface area is 695 Å². The van der Waals surface area contributed by atoms with Crippen molar-refractivity contribution in [3.8, 4) is 75.4 Å². The van der Waals surface area contributed by atoms with Crippen LogP contribution in [0.3, 0.4) is 0 Å². The van der Waals surface area contributed by atoms with E-state index in [0.717, 1.165) is 99.1 Å². The van der Waals surface area contributed by atoms with Crippen LogP contribution in [0.25, 0.3) is 108 Å². The fourth-order valence-corrected chi connectivity index (χ4v) is 15.2. The largest absolute Gasteiger partial charge is 0.497 e. The monoisotopic (exact) mass is 1540 g/mol. The van der Waals surface area contributed by atoms with Crippen LogP contribution in [-0.2, 0) is 0 Å². The number of fused-ring (bicyclic) bond motifs is 8. The first-order valence-electron chi connectivity index (χ1n) is 39.5. The van der Waals surface area contributed by atoms with Gasteiger partial charge in [-0.1, -0.05) is 278 Å². The molecule has 0 aliphatic carbocycles. The summed E-state index contributed by atoms with van der Waals surface area (Å²) in [6, 6.07) is 124. The minimum Gasteiger partial charge on any atom is -0.497 e. The number of methoxy groups -OCH3 is 1. The van der Waals surface area contributed by atoms with Crippen LogP contribution < -0.4 is 25.6 Å². The quantitative estimate of drug-likeness (QED) is 0.0895. The van der Waals surface area contributed by atoms with Gasteiger partial charge in [-0.3, -0.25) is 0 Å². The molecule has 0 amide bonds. The number of hydrogen-bond acceptors (Lipinski definition) is 11. The summed E-state index contributed by atoms with van der Waals surface area (Å²) < 4.78 is 5.38. The van der Waals surface area contributed by atoms with Gasteiger partial charge >= 0.3 is 0 Å². The summed E-state index contributed by atoms with van der Waals surface area (Å²) in [4.78, 5) is 29.7. The van der Waals surface area contributed by atoms with Gasteiger partial charge in [0, 0.05) is 54.4 Å². The minimum atomic E-state index is 0.669. The Morgan fingerprint density at radius 3 is 0.792 bits per heavy atom. The summed E-state index contributed by atoms with van der Waals surface area (Å²) in [6.45, 7) is 0. The summed E-state index contributed by atoms with van der Waals surface area (Å²) in [5.41, 5.74) is 12.7. The molecule has 566 valence electrons. The number of benzene rings is 14. The maximum Gasteiger partial charge on any atom is 0.132 e. The number of anilines is 7. The maximum atomic E-state index is 5.38. The number of aromatic nitrogens is 6. The molecule has 20 rings (SSSR count). The molecule has 11 nitrogen and oxygen atoms in total. The second kappa shape index (κ2) is 34.6. The lowest BCUT2D eigenvalue weighted by Crippen LogP contribution is -2.07. The van der Waals surface area contributed by atoms with Crippen molar-refractivity contribution >= 4 is 127 Å². The second-order valence-corrected chi connectivity index (χ2v) is 28.7. The van der Waals surface area contributed by atoms with E-state index in [9.17, 15) is 0 Å². The zero-order chi connectivity index (χ0) is 80.9. The smallest absolute Gasteiger partial charge is 0.132 e. The highest BCUT2D eigenvalue weighted by Crippen LogP contribution is 2.42. The molecule has 6 aromatic heterocycles. The van der Waals surface area contributed by atoms with Gasteiger partial charge in [0.05, 0.1) is 7.11 Å². The SMILES string of the molecule is C(#Cc1c2ccccc2cc2ccccc12)c1cccc(Nc2cccc(C#Cc3c4ccccc4cc4ccccc34)n2)n1.CN(C)c1ccc(-c2c3ccccc3c(C#Cc3cccc(Nc4ccccn4)n3)c3ccccc23)cc1.COc1ccc(-c2c3ccccc3c(C#Cc3cccc(Nc4ccccn4)n3)c3ccccc23)cc1. The van der Waals surface area contributed by atoms with Crippen molar-refractivity contribution in [1.82, 2.24) is 29.9 Å². The number of pyridine rings is 6. The van der Waals surface area contributed by atoms with E-state index in [2.05, 4.69) is 340 Å². The summed E-state index contributed by atoms with van der Waals surface area (Å²) in [5, 5.41) is 28.2. The van der Waals surface area contributed by atoms with Crippen molar-refractivity contribution in [3.63, 3.8) is 0 Å². The normalized spacial score (nSPS) is 10.7. The van der Waals surface area contributed by atoms with Gasteiger partial charge in [0.1, 0.15) is 63.4 Å². The highest BCUT2D eigenvalue weighted by Gasteiger charge is 2.18. The van der Waals surface area contributed by atoms with E-state index < -0.39 is 0 Å². The molecule has 0 atom stereocenters. The number of rotatable bonds is 10. The molecule has 11 heteroatoms. The Morgan fingerprint density at radius 1 is 0.242 bits per heavy atom. The highest BCUT2D eigenvalue weighted by atomic mass is 16.5. The van der Waals surface area contributed by atoms with Gasteiger partial charge in [0.25, 0.3) is 0 Å². The van der Waals surface area contributed by atoms with Crippen LogP contribution in [0.5, 0.6) is 5.75 Å². The highest BCUT2D eigenvalue weighted by molar-refractivity contribution is 6.18. The molecule has 0 aliphatic heterocycles. The van der Waals surface area contributed by atoms with Crippen LogP contribution in [0.15, 0.2) is 376 Å². The van der Waals surface area contributed by atoms with E-state index in [0.29, 0.717) is 46.0 Å². The minimum absolute atomic E-state index is 0.669. The second-order valence-electron chi connectivity index (χ2n) is 28.7. The van der Waals surface area contributed by atoms with E-state index in [-0.39, 0.29) is 0 Å². The molecule has 3 N–H and O–H groups in total. The van der Waals surface area contributed by atoms with E-state index in [1.165, 1.54) is 54.7 Å². The molecule has 120 heavy (non-hydrogen) atoms. The molecule has 0 saturated heterocycles. The fourth-order valence-electron chi connectivity index (χ4n) is 15.2. The Bertz CT molecular complexity index is 7150. The van der Waals surface area contributed by atoms with Crippen molar-refractivity contribution < 1.29 is 4.74 Å². The molecular weight excluding hydrogens is 1470 g/mol. The Morgan fingerprint density at radius 2 is 0.500 bits per heavy atom. The topological polar surface area (TPSA) is 126 Å². The third kappa shape index (κ3) is 16.4. The van der Waals surface area contributed by atoms with Gasteiger partial charge in [0.15, 0.2) is 0 Å². The average molecular weight is 1540 g/mol. The van der Waals surface area contributed by atoms with Crippen molar-refractivity contribution in [2.75, 3.05) is 42.1 Å². The molecule has 0 fully saturated rings. The van der Waals surface area contributed by atoms with Gasteiger partial charge in [0.2, 0.25) is 0 Å². The number of ether oxygens (including phenoxy) is 1. The number of hydrogen-bond donors (Lipinski definition) is 3. The molecular formula is C109H74N10O. The number of nitrogens with zero attached hydrogens (tertiary/aromatic N) is 7. The molecule has 0 aliphatic rings. The predicted molar refractivity (Wildman–Crippen MR) is 497 cm³/mol. The molecule has 20 aromatic rings. The summed E-state index contributed by atoms with van der Waals surface area (Å²) in [5.74, 6) is 32.1. The number of nitrogens with one attached hydrogen (secondary N) is 3. The molecule has 0 spiro atoms. The van der Waals surface area contributed by atoms with E-state index in [1.54, 1.807) is 19.5 Å². The van der Waals surface area contributed by atoms with E-state index in [1.807, 2.05) is 121 Å². The van der Waals surface area contributed by atoms with Crippen LogP contribution in [-0.4, -0.2) is 51.1 Å². The van der Waals surface area contributed by atoms with Gasteiger partial charge < -0.3 is 25.6 Å². The van der Waals surface area contributed by atoms with E-state index >= 15 is 0 Å². The first-order valence-corrected chi connectivity index (χ1v) is 39.5. The average Bonchev–Trinajstić information content (AvgIpc) is 0.747. The van der Waals surface area contributed by atoms with Crippen LogP contribution in [0.4, 0.5) is 40.6 Å². The van der Waals surface area contributed by atoms with Crippen LogP contribution in [0.2, 0.25) is 0 Å². The van der Waals surface area contributed by atoms with Gasteiger partial charge in [-0.25, -0.2) is 29.9 Å². The van der Waals surface area contributed by atoms with Crippen LogP contribution in [0.1, 0.15) is 45.0 Å². The Hall–Kier alpha value is -16.7.